The Morgan fingerprint density at radius 2 is 2.32 bits per heavy atom. The molecule has 1 aromatic carbocycles. The highest BCUT2D eigenvalue weighted by atomic mass is 19.1. The molecule has 1 saturated carbocycles. The standard InChI is InChI=1S/C15H20FN3/c1-11-5-2-3-8-15(11,10-18)19-14-7-4-6-13(16)12(14)9-17/h4,6-7,11,19H,2-3,5,8,10,18H2,1H3. The number of hydrogen-bond acceptors (Lipinski definition) is 3. The average Bonchev–Trinajstić information content (AvgIpc) is 2.42. The van der Waals surface area contributed by atoms with Crippen molar-refractivity contribution >= 4 is 5.69 Å². The molecule has 1 aromatic rings. The van der Waals surface area contributed by atoms with Crippen molar-refractivity contribution in [2.24, 2.45) is 11.7 Å². The maximum atomic E-state index is 13.6. The average molecular weight is 261 g/mol. The van der Waals surface area contributed by atoms with Crippen molar-refractivity contribution in [3.63, 3.8) is 0 Å². The normalized spacial score (nSPS) is 26.7. The molecule has 2 unspecified atom stereocenters. The first-order chi connectivity index (χ1) is 9.13. The van der Waals surface area contributed by atoms with E-state index >= 15 is 0 Å². The Kier molecular flexibility index (Phi) is 4.06. The quantitative estimate of drug-likeness (QED) is 0.879. The van der Waals surface area contributed by atoms with E-state index in [1.807, 2.05) is 6.07 Å². The Bertz CT molecular complexity index is 495. The fraction of sp³-hybridized carbons (Fsp3) is 0.533. The van der Waals surface area contributed by atoms with Gasteiger partial charge in [0.15, 0.2) is 0 Å². The molecule has 0 spiro atoms. The Labute approximate surface area is 113 Å². The van der Waals surface area contributed by atoms with Gasteiger partial charge in [-0.15, -0.1) is 0 Å². The van der Waals surface area contributed by atoms with Gasteiger partial charge in [-0.1, -0.05) is 25.8 Å². The van der Waals surface area contributed by atoms with Crippen LogP contribution in [0.25, 0.3) is 0 Å². The predicted octanol–water partition coefficient (Wildman–Crippen LogP) is 3.02. The highest BCUT2D eigenvalue weighted by Crippen LogP contribution is 2.36. The summed E-state index contributed by atoms with van der Waals surface area (Å²) in [5, 5.41) is 12.5. The lowest BCUT2D eigenvalue weighted by Gasteiger charge is -2.43. The number of rotatable bonds is 3. The molecule has 0 bridgehead atoms. The number of nitrogens with two attached hydrogens (primary N) is 1. The zero-order valence-electron chi connectivity index (χ0n) is 11.2. The van der Waals surface area contributed by atoms with E-state index in [-0.39, 0.29) is 11.1 Å². The largest absolute Gasteiger partial charge is 0.377 e. The molecule has 1 aliphatic rings. The Morgan fingerprint density at radius 1 is 1.53 bits per heavy atom. The molecule has 1 aliphatic carbocycles. The summed E-state index contributed by atoms with van der Waals surface area (Å²) in [7, 11) is 0. The number of benzene rings is 1. The summed E-state index contributed by atoms with van der Waals surface area (Å²) in [5.41, 5.74) is 6.38. The number of hydrogen-bond donors (Lipinski definition) is 2. The van der Waals surface area contributed by atoms with Gasteiger partial charge in [0.1, 0.15) is 17.4 Å². The molecule has 0 amide bonds. The highest BCUT2D eigenvalue weighted by Gasteiger charge is 2.37. The van der Waals surface area contributed by atoms with Crippen LogP contribution in [0.5, 0.6) is 0 Å². The first kappa shape index (κ1) is 13.8. The molecule has 0 radical (unpaired) electrons. The van der Waals surface area contributed by atoms with Gasteiger partial charge < -0.3 is 11.1 Å². The van der Waals surface area contributed by atoms with Crippen LogP contribution in [0.1, 0.15) is 38.2 Å². The zero-order chi connectivity index (χ0) is 13.9. The Balaban J connectivity index is 2.33. The summed E-state index contributed by atoms with van der Waals surface area (Å²) in [5.74, 6) is -0.0656. The lowest BCUT2D eigenvalue weighted by Crippen LogP contribution is -2.52. The molecular weight excluding hydrogens is 241 g/mol. The maximum absolute atomic E-state index is 13.6. The molecule has 0 aliphatic heterocycles. The van der Waals surface area contributed by atoms with E-state index in [1.165, 1.54) is 12.5 Å². The first-order valence-electron chi connectivity index (χ1n) is 6.80. The number of nitriles is 1. The molecule has 102 valence electrons. The SMILES string of the molecule is CC1CCCCC1(CN)Nc1cccc(F)c1C#N. The fourth-order valence-electron chi connectivity index (χ4n) is 2.96. The molecular formula is C15H20FN3. The number of nitrogens with zero attached hydrogens (tertiary/aromatic N) is 1. The van der Waals surface area contributed by atoms with Crippen LogP contribution < -0.4 is 11.1 Å². The lowest BCUT2D eigenvalue weighted by atomic mass is 9.73. The monoisotopic (exact) mass is 261 g/mol. The summed E-state index contributed by atoms with van der Waals surface area (Å²) in [6.45, 7) is 2.67. The van der Waals surface area contributed by atoms with Crippen molar-refractivity contribution in [1.29, 1.82) is 5.26 Å². The van der Waals surface area contributed by atoms with Crippen LogP contribution in [0.2, 0.25) is 0 Å². The summed E-state index contributed by atoms with van der Waals surface area (Å²) in [6.07, 6.45) is 4.40. The molecule has 0 saturated heterocycles. The molecule has 3 N–H and O–H groups in total. The minimum atomic E-state index is -0.483. The van der Waals surface area contributed by atoms with Crippen LogP contribution in [0.4, 0.5) is 10.1 Å². The van der Waals surface area contributed by atoms with E-state index in [0.29, 0.717) is 18.2 Å². The van der Waals surface area contributed by atoms with E-state index in [0.717, 1.165) is 19.3 Å². The van der Waals surface area contributed by atoms with E-state index in [1.54, 1.807) is 12.1 Å². The molecule has 0 heterocycles. The molecule has 3 nitrogen and oxygen atoms in total. The van der Waals surface area contributed by atoms with Gasteiger partial charge in [0.2, 0.25) is 0 Å². The van der Waals surface area contributed by atoms with Crippen LogP contribution in [0, 0.1) is 23.1 Å². The van der Waals surface area contributed by atoms with Gasteiger partial charge in [0, 0.05) is 6.54 Å². The molecule has 4 heteroatoms. The van der Waals surface area contributed by atoms with Crippen LogP contribution in [-0.4, -0.2) is 12.1 Å². The number of halogens is 1. The highest BCUT2D eigenvalue weighted by molar-refractivity contribution is 5.59. The number of nitrogens with one attached hydrogen (secondary N) is 1. The second kappa shape index (κ2) is 5.58. The van der Waals surface area contributed by atoms with Crippen LogP contribution >= 0.6 is 0 Å². The van der Waals surface area contributed by atoms with Crippen molar-refractivity contribution in [1.82, 2.24) is 0 Å². The number of anilines is 1. The predicted molar refractivity (Wildman–Crippen MR) is 74.2 cm³/mol. The van der Waals surface area contributed by atoms with Crippen molar-refractivity contribution in [3.8, 4) is 6.07 Å². The third-order valence-electron chi connectivity index (χ3n) is 4.33. The van der Waals surface area contributed by atoms with Crippen molar-refractivity contribution < 1.29 is 4.39 Å². The zero-order valence-corrected chi connectivity index (χ0v) is 11.2. The van der Waals surface area contributed by atoms with E-state index in [4.69, 9.17) is 11.0 Å². The van der Waals surface area contributed by atoms with Crippen LogP contribution in [-0.2, 0) is 0 Å². The summed E-state index contributed by atoms with van der Waals surface area (Å²) in [4.78, 5) is 0. The third-order valence-corrected chi connectivity index (χ3v) is 4.33. The molecule has 0 aromatic heterocycles. The van der Waals surface area contributed by atoms with Crippen LogP contribution in [0.3, 0.4) is 0 Å². The van der Waals surface area contributed by atoms with Crippen LogP contribution in [0.15, 0.2) is 18.2 Å². The van der Waals surface area contributed by atoms with E-state index < -0.39 is 5.82 Å². The third kappa shape index (κ3) is 2.57. The first-order valence-corrected chi connectivity index (χ1v) is 6.80. The molecule has 1 fully saturated rings. The summed E-state index contributed by atoms with van der Waals surface area (Å²) >= 11 is 0. The van der Waals surface area contributed by atoms with Gasteiger partial charge in [-0.3, -0.25) is 0 Å². The Morgan fingerprint density at radius 3 is 2.95 bits per heavy atom. The van der Waals surface area contributed by atoms with Crippen molar-refractivity contribution in [3.05, 3.63) is 29.6 Å². The minimum absolute atomic E-state index is 0.0769. The van der Waals surface area contributed by atoms with E-state index in [9.17, 15) is 4.39 Å². The molecule has 19 heavy (non-hydrogen) atoms. The minimum Gasteiger partial charge on any atom is -0.377 e. The van der Waals surface area contributed by atoms with Gasteiger partial charge in [-0.2, -0.15) is 5.26 Å². The summed E-state index contributed by atoms with van der Waals surface area (Å²) < 4.78 is 13.6. The smallest absolute Gasteiger partial charge is 0.143 e. The van der Waals surface area contributed by atoms with Gasteiger partial charge >= 0.3 is 0 Å². The van der Waals surface area contributed by atoms with Gasteiger partial charge in [-0.25, -0.2) is 4.39 Å². The second-order valence-corrected chi connectivity index (χ2v) is 5.41. The lowest BCUT2D eigenvalue weighted by molar-refractivity contribution is 0.235. The van der Waals surface area contributed by atoms with Crippen molar-refractivity contribution in [2.45, 2.75) is 38.1 Å². The van der Waals surface area contributed by atoms with Crippen molar-refractivity contribution in [2.75, 3.05) is 11.9 Å². The maximum Gasteiger partial charge on any atom is 0.143 e. The van der Waals surface area contributed by atoms with Gasteiger partial charge in [0.25, 0.3) is 0 Å². The Hall–Kier alpha value is -1.60. The topological polar surface area (TPSA) is 61.8 Å². The van der Waals surface area contributed by atoms with Gasteiger partial charge in [0.05, 0.1) is 11.2 Å². The van der Waals surface area contributed by atoms with E-state index in [2.05, 4.69) is 12.2 Å². The van der Waals surface area contributed by atoms with Gasteiger partial charge in [-0.05, 0) is 30.9 Å². The second-order valence-electron chi connectivity index (χ2n) is 5.41. The molecule has 2 atom stereocenters. The molecule has 2 rings (SSSR count). The fourth-order valence-corrected chi connectivity index (χ4v) is 2.96. The summed E-state index contributed by atoms with van der Waals surface area (Å²) in [6, 6.07) is 6.61.